The summed E-state index contributed by atoms with van der Waals surface area (Å²) in [7, 11) is 0. The highest BCUT2D eigenvalue weighted by molar-refractivity contribution is 6.35. The molecular formula is C14H18F6N4O4. The third-order valence-corrected chi connectivity index (χ3v) is 3.69. The molecular weight excluding hydrogens is 402 g/mol. The third kappa shape index (κ3) is 7.23. The molecule has 1 rings (SSSR count). The van der Waals surface area contributed by atoms with Gasteiger partial charge < -0.3 is 20.4 Å². The van der Waals surface area contributed by atoms with Crippen LogP contribution in [0.25, 0.3) is 0 Å². The molecule has 1 fully saturated rings. The van der Waals surface area contributed by atoms with Gasteiger partial charge in [0.1, 0.15) is 0 Å². The highest BCUT2D eigenvalue weighted by Gasteiger charge is 2.39. The standard InChI is InChI=1S/C14H18F6N4O4/c15-13(16,17)11(27)21-3-1-5-23-7-8-24(10(26)9(23)25)6-2-4-22-12(28)14(18,19)20/h1-8H2,(H,21,27)(H,22,28). The minimum atomic E-state index is -5.00. The molecule has 0 bridgehead atoms. The molecule has 0 aromatic carbocycles. The van der Waals surface area contributed by atoms with Crippen molar-refractivity contribution in [3.05, 3.63) is 0 Å². The largest absolute Gasteiger partial charge is 0.471 e. The van der Waals surface area contributed by atoms with Gasteiger partial charge >= 0.3 is 36.0 Å². The van der Waals surface area contributed by atoms with Gasteiger partial charge in [-0.1, -0.05) is 0 Å². The summed E-state index contributed by atoms with van der Waals surface area (Å²) in [5.74, 6) is -5.99. The first-order chi connectivity index (χ1) is 12.8. The number of halogens is 6. The summed E-state index contributed by atoms with van der Waals surface area (Å²) in [5, 5.41) is 3.28. The predicted molar refractivity (Wildman–Crippen MR) is 80.5 cm³/mol. The van der Waals surface area contributed by atoms with Gasteiger partial charge in [-0.25, -0.2) is 0 Å². The van der Waals surface area contributed by atoms with Crippen LogP contribution < -0.4 is 10.6 Å². The Bertz CT molecular complexity index is 556. The maximum atomic E-state index is 12.0. The van der Waals surface area contributed by atoms with Crippen molar-refractivity contribution in [2.45, 2.75) is 25.2 Å². The average Bonchev–Trinajstić information content (AvgIpc) is 2.58. The van der Waals surface area contributed by atoms with Gasteiger partial charge in [0.05, 0.1) is 0 Å². The van der Waals surface area contributed by atoms with Crippen molar-refractivity contribution in [1.29, 1.82) is 0 Å². The van der Waals surface area contributed by atoms with E-state index < -0.39 is 36.0 Å². The molecule has 14 heteroatoms. The molecule has 4 amide bonds. The summed E-state index contributed by atoms with van der Waals surface area (Å²) < 4.78 is 72.1. The van der Waals surface area contributed by atoms with Crippen LogP contribution >= 0.6 is 0 Å². The first-order valence-electron chi connectivity index (χ1n) is 8.12. The zero-order chi connectivity index (χ0) is 21.5. The highest BCUT2D eigenvalue weighted by atomic mass is 19.4. The predicted octanol–water partition coefficient (Wildman–Crippen LogP) is -0.206. The number of piperazine rings is 1. The molecule has 1 heterocycles. The van der Waals surface area contributed by atoms with Gasteiger partial charge in [-0.05, 0) is 12.8 Å². The number of carbonyl (C=O) groups is 4. The summed E-state index contributed by atoms with van der Waals surface area (Å²) in [6.07, 6.45) is -10.00. The van der Waals surface area contributed by atoms with Crippen LogP contribution in [0.15, 0.2) is 0 Å². The van der Waals surface area contributed by atoms with Crippen LogP contribution in [-0.2, 0) is 19.2 Å². The molecule has 0 atom stereocenters. The van der Waals surface area contributed by atoms with E-state index in [1.165, 1.54) is 0 Å². The number of amides is 4. The maximum Gasteiger partial charge on any atom is 0.471 e. The van der Waals surface area contributed by atoms with E-state index in [2.05, 4.69) is 0 Å². The van der Waals surface area contributed by atoms with Gasteiger partial charge in [-0.2, -0.15) is 26.3 Å². The Morgan fingerprint density at radius 3 is 1.36 bits per heavy atom. The van der Waals surface area contributed by atoms with Crippen molar-refractivity contribution in [1.82, 2.24) is 20.4 Å². The first-order valence-corrected chi connectivity index (χ1v) is 8.12. The number of carbonyl (C=O) groups excluding carboxylic acids is 4. The molecule has 8 nitrogen and oxygen atoms in total. The minimum absolute atomic E-state index is 0.00428. The second kappa shape index (κ2) is 9.59. The Morgan fingerprint density at radius 1 is 0.750 bits per heavy atom. The summed E-state index contributed by atoms with van der Waals surface area (Å²) in [4.78, 5) is 47.4. The number of hydrogen-bond acceptors (Lipinski definition) is 4. The molecule has 0 aliphatic carbocycles. The number of nitrogens with zero attached hydrogens (tertiary/aromatic N) is 2. The Balaban J connectivity index is 2.30. The van der Waals surface area contributed by atoms with Crippen LogP contribution in [0.2, 0.25) is 0 Å². The number of alkyl halides is 6. The average molecular weight is 420 g/mol. The lowest BCUT2D eigenvalue weighted by Crippen LogP contribution is -2.55. The molecule has 0 saturated carbocycles. The van der Waals surface area contributed by atoms with Crippen molar-refractivity contribution in [2.24, 2.45) is 0 Å². The zero-order valence-corrected chi connectivity index (χ0v) is 14.5. The van der Waals surface area contributed by atoms with E-state index in [-0.39, 0.29) is 52.1 Å². The van der Waals surface area contributed by atoms with Crippen molar-refractivity contribution < 1.29 is 45.5 Å². The molecule has 0 spiro atoms. The second-order valence-corrected chi connectivity index (χ2v) is 5.80. The van der Waals surface area contributed by atoms with Crippen LogP contribution in [0.1, 0.15) is 12.8 Å². The molecule has 160 valence electrons. The van der Waals surface area contributed by atoms with Crippen LogP contribution in [0.5, 0.6) is 0 Å². The Hall–Kier alpha value is -2.54. The summed E-state index contributed by atoms with van der Waals surface area (Å²) in [6, 6.07) is 0. The van der Waals surface area contributed by atoms with Gasteiger partial charge in [0.2, 0.25) is 0 Å². The summed E-state index contributed by atoms with van der Waals surface area (Å²) in [5.41, 5.74) is 0. The normalized spacial score (nSPS) is 15.6. The molecule has 1 aliphatic rings. The van der Waals surface area contributed by atoms with Crippen molar-refractivity contribution in [2.75, 3.05) is 39.3 Å². The van der Waals surface area contributed by atoms with Crippen molar-refractivity contribution in [3.63, 3.8) is 0 Å². The van der Waals surface area contributed by atoms with Gasteiger partial charge in [0.15, 0.2) is 0 Å². The molecule has 0 aromatic heterocycles. The fourth-order valence-corrected chi connectivity index (χ4v) is 2.29. The van der Waals surface area contributed by atoms with Crippen LogP contribution in [0, 0.1) is 0 Å². The lowest BCUT2D eigenvalue weighted by Gasteiger charge is -2.33. The van der Waals surface area contributed by atoms with Crippen LogP contribution in [0.4, 0.5) is 26.3 Å². The summed E-state index contributed by atoms with van der Waals surface area (Å²) >= 11 is 0. The van der Waals surface area contributed by atoms with E-state index in [1.807, 2.05) is 0 Å². The Labute approximate surface area is 155 Å². The first kappa shape index (κ1) is 23.5. The smallest absolute Gasteiger partial charge is 0.348 e. The van der Waals surface area contributed by atoms with E-state index in [0.717, 1.165) is 9.80 Å². The monoisotopic (exact) mass is 420 g/mol. The highest BCUT2D eigenvalue weighted by Crippen LogP contribution is 2.15. The number of hydrogen-bond donors (Lipinski definition) is 2. The zero-order valence-electron chi connectivity index (χ0n) is 14.5. The topological polar surface area (TPSA) is 98.8 Å². The van der Waals surface area contributed by atoms with E-state index in [0.29, 0.717) is 0 Å². The van der Waals surface area contributed by atoms with Gasteiger partial charge in [0.25, 0.3) is 0 Å². The number of rotatable bonds is 8. The van der Waals surface area contributed by atoms with Crippen LogP contribution in [-0.4, -0.2) is 85.0 Å². The molecule has 0 radical (unpaired) electrons. The second-order valence-electron chi connectivity index (χ2n) is 5.80. The van der Waals surface area contributed by atoms with Gasteiger partial charge in [-0.15, -0.1) is 0 Å². The fourth-order valence-electron chi connectivity index (χ4n) is 2.29. The SMILES string of the molecule is O=C1C(=O)N(CCCNC(=O)C(F)(F)F)CCN1CCCNC(=O)C(F)(F)F. The Kier molecular flexibility index (Phi) is 8.05. The fraction of sp³-hybridized carbons (Fsp3) is 0.714. The van der Waals surface area contributed by atoms with E-state index >= 15 is 0 Å². The van der Waals surface area contributed by atoms with E-state index in [4.69, 9.17) is 0 Å². The molecule has 0 aromatic rings. The lowest BCUT2D eigenvalue weighted by atomic mass is 10.2. The van der Waals surface area contributed by atoms with Crippen molar-refractivity contribution >= 4 is 23.6 Å². The van der Waals surface area contributed by atoms with E-state index in [9.17, 15) is 45.5 Å². The third-order valence-electron chi connectivity index (χ3n) is 3.69. The molecule has 1 aliphatic heterocycles. The number of nitrogens with one attached hydrogen (secondary N) is 2. The Morgan fingerprint density at radius 2 is 1.07 bits per heavy atom. The van der Waals surface area contributed by atoms with Gasteiger partial charge in [-0.3, -0.25) is 19.2 Å². The molecule has 28 heavy (non-hydrogen) atoms. The molecule has 2 N–H and O–H groups in total. The van der Waals surface area contributed by atoms with E-state index in [1.54, 1.807) is 10.6 Å². The quantitative estimate of drug-likeness (QED) is 0.323. The van der Waals surface area contributed by atoms with Crippen molar-refractivity contribution in [3.8, 4) is 0 Å². The van der Waals surface area contributed by atoms with Crippen LogP contribution in [0.3, 0.4) is 0 Å². The maximum absolute atomic E-state index is 12.0. The lowest BCUT2D eigenvalue weighted by molar-refractivity contribution is -0.173. The summed E-state index contributed by atoms with van der Waals surface area (Å²) in [6.45, 7) is -0.576. The molecule has 1 saturated heterocycles. The van der Waals surface area contributed by atoms with Gasteiger partial charge in [0, 0.05) is 39.3 Å². The minimum Gasteiger partial charge on any atom is -0.348 e. The molecule has 0 unspecified atom stereocenters.